The zero-order valence-electron chi connectivity index (χ0n) is 16.2. The molecule has 2 aromatic rings. The van der Waals surface area contributed by atoms with Crippen LogP contribution in [-0.4, -0.2) is 38.1 Å². The molecule has 0 heterocycles. The lowest BCUT2D eigenvalue weighted by Crippen LogP contribution is -2.29. The third-order valence-electron chi connectivity index (χ3n) is 4.15. The molecule has 2 aromatic carbocycles. The molecule has 2 amide bonds. The van der Waals surface area contributed by atoms with Gasteiger partial charge in [0.15, 0.2) is 0 Å². The van der Waals surface area contributed by atoms with Crippen LogP contribution in [0, 0.1) is 0 Å². The highest BCUT2D eigenvalue weighted by Gasteiger charge is 2.05. The van der Waals surface area contributed by atoms with Gasteiger partial charge in [0.2, 0.25) is 11.8 Å². The van der Waals surface area contributed by atoms with Crippen molar-refractivity contribution in [3.8, 4) is 11.1 Å². The number of ether oxygens (including phenoxy) is 1. The molecule has 6 heteroatoms. The Bertz CT molecular complexity index is 735. The SMILES string of the molecule is NCCOCC(=O)NCCCCCC(=O)Nc1cccc(-c2ccccc2)c1. The number of carbonyl (C=O) groups excluding carboxylic acids is 2. The highest BCUT2D eigenvalue weighted by Crippen LogP contribution is 2.22. The third kappa shape index (κ3) is 8.33. The normalized spacial score (nSPS) is 10.5. The minimum absolute atomic E-state index is 0.00410. The maximum absolute atomic E-state index is 12.1. The van der Waals surface area contributed by atoms with Crippen molar-refractivity contribution in [3.05, 3.63) is 54.6 Å². The van der Waals surface area contributed by atoms with E-state index in [1.807, 2.05) is 54.6 Å². The molecule has 6 nitrogen and oxygen atoms in total. The van der Waals surface area contributed by atoms with Gasteiger partial charge in [-0.3, -0.25) is 9.59 Å². The first-order valence-corrected chi connectivity index (χ1v) is 9.69. The van der Waals surface area contributed by atoms with E-state index < -0.39 is 0 Å². The number of anilines is 1. The predicted molar refractivity (Wildman–Crippen MR) is 112 cm³/mol. The Hall–Kier alpha value is -2.70. The minimum atomic E-state index is -0.135. The van der Waals surface area contributed by atoms with E-state index in [1.54, 1.807) is 0 Å². The summed E-state index contributed by atoms with van der Waals surface area (Å²) in [5, 5.41) is 5.74. The van der Waals surface area contributed by atoms with E-state index in [0.717, 1.165) is 36.1 Å². The van der Waals surface area contributed by atoms with Gasteiger partial charge in [-0.05, 0) is 36.1 Å². The van der Waals surface area contributed by atoms with E-state index in [2.05, 4.69) is 10.6 Å². The second-order valence-corrected chi connectivity index (χ2v) is 6.50. The van der Waals surface area contributed by atoms with Crippen molar-refractivity contribution in [1.29, 1.82) is 0 Å². The summed E-state index contributed by atoms with van der Waals surface area (Å²) in [7, 11) is 0. The number of hydrogen-bond acceptors (Lipinski definition) is 4. The summed E-state index contributed by atoms with van der Waals surface area (Å²) in [6, 6.07) is 17.9. The molecule has 2 rings (SSSR count). The summed E-state index contributed by atoms with van der Waals surface area (Å²) in [5.41, 5.74) is 8.28. The molecule has 28 heavy (non-hydrogen) atoms. The molecule has 0 aliphatic carbocycles. The maximum Gasteiger partial charge on any atom is 0.245 e. The van der Waals surface area contributed by atoms with Crippen LogP contribution in [0.1, 0.15) is 25.7 Å². The van der Waals surface area contributed by atoms with Crippen molar-refractivity contribution in [1.82, 2.24) is 5.32 Å². The summed E-state index contributed by atoms with van der Waals surface area (Å²) in [6.45, 7) is 1.43. The molecule has 0 aliphatic heterocycles. The van der Waals surface area contributed by atoms with Crippen LogP contribution in [0.25, 0.3) is 11.1 Å². The lowest BCUT2D eigenvalue weighted by atomic mass is 10.1. The quantitative estimate of drug-likeness (QED) is 0.491. The van der Waals surface area contributed by atoms with Gasteiger partial charge in [0, 0.05) is 25.2 Å². The van der Waals surface area contributed by atoms with Crippen molar-refractivity contribution in [2.24, 2.45) is 5.73 Å². The van der Waals surface area contributed by atoms with E-state index in [0.29, 0.717) is 26.1 Å². The summed E-state index contributed by atoms with van der Waals surface area (Å²) >= 11 is 0. The van der Waals surface area contributed by atoms with Crippen LogP contribution in [0.5, 0.6) is 0 Å². The summed E-state index contributed by atoms with van der Waals surface area (Å²) < 4.78 is 5.06. The van der Waals surface area contributed by atoms with Crippen LogP contribution in [-0.2, 0) is 14.3 Å². The summed E-state index contributed by atoms with van der Waals surface area (Å²) in [6.07, 6.45) is 2.95. The zero-order chi connectivity index (χ0) is 20.0. The van der Waals surface area contributed by atoms with Gasteiger partial charge in [0.25, 0.3) is 0 Å². The molecule has 0 saturated heterocycles. The van der Waals surface area contributed by atoms with Gasteiger partial charge in [0.1, 0.15) is 6.61 Å². The number of nitrogens with two attached hydrogens (primary N) is 1. The largest absolute Gasteiger partial charge is 0.370 e. The lowest BCUT2D eigenvalue weighted by molar-refractivity contribution is -0.125. The average molecular weight is 383 g/mol. The van der Waals surface area contributed by atoms with Gasteiger partial charge < -0.3 is 21.1 Å². The van der Waals surface area contributed by atoms with Crippen LogP contribution >= 0.6 is 0 Å². The molecule has 0 atom stereocenters. The van der Waals surface area contributed by atoms with Crippen LogP contribution in [0.4, 0.5) is 5.69 Å². The molecule has 0 aromatic heterocycles. The van der Waals surface area contributed by atoms with E-state index in [-0.39, 0.29) is 18.4 Å². The molecule has 0 aliphatic rings. The maximum atomic E-state index is 12.1. The zero-order valence-corrected chi connectivity index (χ0v) is 16.2. The first-order valence-electron chi connectivity index (χ1n) is 9.69. The number of rotatable bonds is 12. The fraction of sp³-hybridized carbons (Fsp3) is 0.364. The van der Waals surface area contributed by atoms with Crippen molar-refractivity contribution in [2.45, 2.75) is 25.7 Å². The van der Waals surface area contributed by atoms with Gasteiger partial charge in [-0.25, -0.2) is 0 Å². The molecular formula is C22H29N3O3. The molecule has 0 unspecified atom stereocenters. The number of nitrogens with one attached hydrogen (secondary N) is 2. The van der Waals surface area contributed by atoms with Gasteiger partial charge in [0.05, 0.1) is 6.61 Å². The Morgan fingerprint density at radius 1 is 0.893 bits per heavy atom. The highest BCUT2D eigenvalue weighted by molar-refractivity contribution is 5.91. The number of amides is 2. The monoisotopic (exact) mass is 383 g/mol. The Morgan fingerprint density at radius 3 is 2.46 bits per heavy atom. The molecule has 150 valence electrons. The van der Waals surface area contributed by atoms with Crippen LogP contribution in [0.15, 0.2) is 54.6 Å². The second-order valence-electron chi connectivity index (χ2n) is 6.50. The van der Waals surface area contributed by atoms with Gasteiger partial charge >= 0.3 is 0 Å². The lowest BCUT2D eigenvalue weighted by Gasteiger charge is -2.08. The van der Waals surface area contributed by atoms with Gasteiger partial charge in [-0.2, -0.15) is 0 Å². The van der Waals surface area contributed by atoms with Gasteiger partial charge in [-0.15, -0.1) is 0 Å². The van der Waals surface area contributed by atoms with E-state index >= 15 is 0 Å². The van der Waals surface area contributed by atoms with E-state index in [9.17, 15) is 9.59 Å². The van der Waals surface area contributed by atoms with Crippen LogP contribution < -0.4 is 16.4 Å². The van der Waals surface area contributed by atoms with Crippen molar-refractivity contribution >= 4 is 17.5 Å². The van der Waals surface area contributed by atoms with Crippen molar-refractivity contribution in [2.75, 3.05) is 31.6 Å². The van der Waals surface area contributed by atoms with Gasteiger partial charge in [-0.1, -0.05) is 48.9 Å². The highest BCUT2D eigenvalue weighted by atomic mass is 16.5. The van der Waals surface area contributed by atoms with Crippen LogP contribution in [0.3, 0.4) is 0 Å². The molecule has 0 spiro atoms. The third-order valence-corrected chi connectivity index (χ3v) is 4.15. The molecule has 0 saturated carbocycles. The number of carbonyl (C=O) groups is 2. The van der Waals surface area contributed by atoms with E-state index in [4.69, 9.17) is 10.5 Å². The molecular weight excluding hydrogens is 354 g/mol. The number of benzene rings is 2. The fourth-order valence-electron chi connectivity index (χ4n) is 2.74. The minimum Gasteiger partial charge on any atom is -0.370 e. The second kappa shape index (κ2) is 12.6. The Morgan fingerprint density at radius 2 is 1.68 bits per heavy atom. The Balaban J connectivity index is 1.62. The Labute approximate surface area is 166 Å². The van der Waals surface area contributed by atoms with E-state index in [1.165, 1.54) is 0 Å². The van der Waals surface area contributed by atoms with Crippen molar-refractivity contribution < 1.29 is 14.3 Å². The molecule has 0 fully saturated rings. The first kappa shape index (κ1) is 21.6. The molecule has 0 radical (unpaired) electrons. The summed E-state index contributed by atoms with van der Waals surface area (Å²) in [5.74, 6) is -0.131. The first-order chi connectivity index (χ1) is 13.7. The average Bonchev–Trinajstić information content (AvgIpc) is 2.71. The molecule has 4 N–H and O–H groups in total. The Kier molecular flexibility index (Phi) is 9.75. The topological polar surface area (TPSA) is 93.4 Å². The van der Waals surface area contributed by atoms with Crippen LogP contribution in [0.2, 0.25) is 0 Å². The number of hydrogen-bond donors (Lipinski definition) is 3. The smallest absolute Gasteiger partial charge is 0.245 e. The number of unbranched alkanes of at least 4 members (excludes halogenated alkanes) is 2. The van der Waals surface area contributed by atoms with Crippen molar-refractivity contribution in [3.63, 3.8) is 0 Å². The standard InChI is InChI=1S/C22H29N3O3/c23-13-15-28-17-22(27)24-14-6-2-5-12-21(26)25-20-11-7-10-19(16-20)18-8-3-1-4-9-18/h1,3-4,7-11,16H,2,5-6,12-15,17,23H2,(H,24,27)(H,25,26). The summed E-state index contributed by atoms with van der Waals surface area (Å²) in [4.78, 5) is 23.6. The molecule has 0 bridgehead atoms. The fourth-order valence-corrected chi connectivity index (χ4v) is 2.74. The predicted octanol–water partition coefficient (Wildman–Crippen LogP) is 2.94.